The minimum atomic E-state index is -0.803. The summed E-state index contributed by atoms with van der Waals surface area (Å²) in [5.41, 5.74) is 2.38. The van der Waals surface area contributed by atoms with Gasteiger partial charge in [-0.15, -0.1) is 0 Å². The third-order valence-corrected chi connectivity index (χ3v) is 7.16. The van der Waals surface area contributed by atoms with E-state index in [0.717, 1.165) is 30.4 Å². The summed E-state index contributed by atoms with van der Waals surface area (Å²) in [6.07, 6.45) is 3.22. The Labute approximate surface area is 192 Å². The van der Waals surface area contributed by atoms with Crippen LogP contribution >= 0.6 is 0 Å². The zero-order valence-electron chi connectivity index (χ0n) is 18.7. The zero-order chi connectivity index (χ0) is 23.3. The van der Waals surface area contributed by atoms with Crippen LogP contribution in [-0.4, -0.2) is 30.0 Å². The van der Waals surface area contributed by atoms with Crippen molar-refractivity contribution < 1.29 is 18.7 Å². The molecule has 1 saturated heterocycles. The van der Waals surface area contributed by atoms with Gasteiger partial charge in [-0.3, -0.25) is 4.79 Å². The highest BCUT2D eigenvalue weighted by Crippen LogP contribution is 2.38. The van der Waals surface area contributed by atoms with Gasteiger partial charge in [-0.2, -0.15) is 5.26 Å². The van der Waals surface area contributed by atoms with Crippen LogP contribution in [0.15, 0.2) is 36.4 Å². The molecule has 2 fully saturated rings. The lowest BCUT2D eigenvalue weighted by atomic mass is 9.91. The minimum absolute atomic E-state index is 0.0920. The molecule has 1 saturated carbocycles. The van der Waals surface area contributed by atoms with Gasteiger partial charge in [-0.25, -0.2) is 9.18 Å². The van der Waals surface area contributed by atoms with Crippen molar-refractivity contribution in [2.45, 2.75) is 63.3 Å². The van der Waals surface area contributed by atoms with Gasteiger partial charge in [0.1, 0.15) is 17.5 Å². The summed E-state index contributed by atoms with van der Waals surface area (Å²) in [5, 5.41) is 15.7. The third-order valence-electron chi connectivity index (χ3n) is 7.16. The minimum Gasteiger partial charge on any atom is -0.451 e. The lowest BCUT2D eigenvalue weighted by molar-refractivity contribution is -0.124. The molecule has 4 atom stereocenters. The highest BCUT2D eigenvalue weighted by Gasteiger charge is 2.43. The molecule has 0 aromatic heterocycles. The Balaban J connectivity index is 1.30. The first-order valence-corrected chi connectivity index (χ1v) is 11.4. The number of nitrogens with one attached hydrogen (secondary N) is 2. The number of hydrogen-bond donors (Lipinski definition) is 2. The lowest BCUT2D eigenvalue weighted by Gasteiger charge is -2.23. The predicted octanol–water partition coefficient (Wildman–Crippen LogP) is 3.59. The average Bonchev–Trinajstić information content (AvgIpc) is 3.48. The second-order valence-electron chi connectivity index (χ2n) is 9.78. The molecule has 33 heavy (non-hydrogen) atoms. The van der Waals surface area contributed by atoms with Crippen LogP contribution in [0.25, 0.3) is 11.1 Å². The molecular weight excluding hydrogens is 421 g/mol. The van der Waals surface area contributed by atoms with E-state index in [1.165, 1.54) is 6.07 Å². The number of benzene rings is 2. The number of cyclic esters (lactones) is 1. The van der Waals surface area contributed by atoms with Crippen molar-refractivity contribution in [2.75, 3.05) is 0 Å². The molecule has 170 valence electrons. The Kier molecular flexibility index (Phi) is 5.21. The number of carbonyl (C=O) groups excluding carboxylic acids is 2. The van der Waals surface area contributed by atoms with Gasteiger partial charge in [0, 0.05) is 18.0 Å². The molecule has 2 bridgehead atoms. The number of hydrogen-bond acceptors (Lipinski definition) is 5. The van der Waals surface area contributed by atoms with Crippen LogP contribution in [-0.2, 0) is 21.6 Å². The summed E-state index contributed by atoms with van der Waals surface area (Å²) in [6.45, 7) is 3.65. The molecule has 7 heteroatoms. The monoisotopic (exact) mass is 447 g/mol. The number of amides is 1. The van der Waals surface area contributed by atoms with Crippen LogP contribution in [0.1, 0.15) is 54.6 Å². The molecule has 1 amide bonds. The van der Waals surface area contributed by atoms with E-state index in [2.05, 4.69) is 16.7 Å². The number of nitriles is 1. The fourth-order valence-electron chi connectivity index (χ4n) is 5.39. The summed E-state index contributed by atoms with van der Waals surface area (Å²) in [6, 6.07) is 11.6. The largest absolute Gasteiger partial charge is 0.451 e. The van der Waals surface area contributed by atoms with Gasteiger partial charge >= 0.3 is 5.97 Å². The van der Waals surface area contributed by atoms with Crippen LogP contribution in [0.4, 0.5) is 4.39 Å². The highest BCUT2D eigenvalue weighted by atomic mass is 19.1. The van der Waals surface area contributed by atoms with E-state index < -0.39 is 17.5 Å². The maximum Gasteiger partial charge on any atom is 0.339 e. The molecule has 1 unspecified atom stereocenters. The van der Waals surface area contributed by atoms with E-state index in [0.29, 0.717) is 28.7 Å². The van der Waals surface area contributed by atoms with Gasteiger partial charge < -0.3 is 15.4 Å². The normalized spacial score (nSPS) is 25.3. The number of nitrogens with zero attached hydrogens (tertiary/aromatic N) is 1. The standard InChI is InChI=1S/C26H26FN3O3/c1-26(2)21-11-14(6-8-20(21)25(32)33-26)15-3-4-16(22(27)12-15)9-19(13-28)30-24(31)23-17-5-7-18(10-17)29-23/h3-4,6,8,11-12,17-19,23,29H,5,7,9-10H2,1-2H3,(H,30,31)/t17-,18+,19-,23?/m0/s1. The topological polar surface area (TPSA) is 91.2 Å². The summed E-state index contributed by atoms with van der Waals surface area (Å²) in [5.74, 6) is -0.646. The number of piperidine rings is 1. The number of esters is 1. The third kappa shape index (κ3) is 3.89. The van der Waals surface area contributed by atoms with Crippen molar-refractivity contribution in [1.29, 1.82) is 5.26 Å². The highest BCUT2D eigenvalue weighted by molar-refractivity contribution is 5.95. The molecule has 0 spiro atoms. The molecule has 2 aromatic carbocycles. The molecule has 2 aromatic rings. The SMILES string of the molecule is CC1(C)OC(=O)c2ccc(-c3ccc(C[C@@H](C#N)NC(=O)C4N[C@@H]5CC[C@H]4C5)c(F)c3)cc21. The molecular formula is C26H26FN3O3. The van der Waals surface area contributed by atoms with Crippen LogP contribution in [0.3, 0.4) is 0 Å². The quantitative estimate of drug-likeness (QED) is 0.684. The maximum absolute atomic E-state index is 15.0. The molecule has 5 rings (SSSR count). The van der Waals surface area contributed by atoms with Crippen molar-refractivity contribution in [3.05, 3.63) is 58.9 Å². The van der Waals surface area contributed by atoms with Crippen molar-refractivity contribution in [1.82, 2.24) is 10.6 Å². The number of halogens is 1. The second-order valence-corrected chi connectivity index (χ2v) is 9.78. The summed E-state index contributed by atoms with van der Waals surface area (Å²) >= 11 is 0. The van der Waals surface area contributed by atoms with Gasteiger partial charge in [-0.1, -0.05) is 18.2 Å². The first-order chi connectivity index (χ1) is 15.7. The Morgan fingerprint density at radius 1 is 1.27 bits per heavy atom. The van der Waals surface area contributed by atoms with Crippen molar-refractivity contribution in [3.63, 3.8) is 0 Å². The number of ether oxygens (including phenoxy) is 1. The molecule has 2 N–H and O–H groups in total. The van der Waals surface area contributed by atoms with Gasteiger partial charge in [0.25, 0.3) is 0 Å². The Morgan fingerprint density at radius 2 is 2.03 bits per heavy atom. The van der Waals surface area contributed by atoms with Crippen molar-refractivity contribution in [3.8, 4) is 17.2 Å². The maximum atomic E-state index is 15.0. The van der Waals surface area contributed by atoms with Crippen molar-refractivity contribution >= 4 is 11.9 Å². The van der Waals surface area contributed by atoms with E-state index in [1.807, 2.05) is 19.9 Å². The van der Waals surface area contributed by atoms with Crippen LogP contribution in [0, 0.1) is 23.1 Å². The number of rotatable bonds is 5. The Bertz CT molecular complexity index is 1190. The number of carbonyl (C=O) groups is 2. The molecule has 6 nitrogen and oxygen atoms in total. The molecule has 3 aliphatic rings. The van der Waals surface area contributed by atoms with Crippen molar-refractivity contribution in [2.24, 2.45) is 5.92 Å². The fourth-order valence-corrected chi connectivity index (χ4v) is 5.39. The van der Waals surface area contributed by atoms with Gasteiger partial charge in [-0.05, 0) is 73.9 Å². The Hall–Kier alpha value is -3.24. The molecule has 1 aliphatic carbocycles. The first kappa shape index (κ1) is 21.6. The molecule has 2 heterocycles. The number of fused-ring (bicyclic) bond motifs is 3. The Morgan fingerprint density at radius 3 is 2.70 bits per heavy atom. The van der Waals surface area contributed by atoms with Gasteiger partial charge in [0.2, 0.25) is 5.91 Å². The van der Waals surface area contributed by atoms with Crippen LogP contribution in [0.2, 0.25) is 0 Å². The van der Waals surface area contributed by atoms with E-state index in [9.17, 15) is 19.2 Å². The van der Waals surface area contributed by atoms with Crippen LogP contribution in [0.5, 0.6) is 0 Å². The van der Waals surface area contributed by atoms with E-state index in [-0.39, 0.29) is 24.3 Å². The molecule has 2 aliphatic heterocycles. The van der Waals surface area contributed by atoms with E-state index in [1.54, 1.807) is 24.3 Å². The zero-order valence-corrected chi connectivity index (χ0v) is 18.7. The average molecular weight is 448 g/mol. The first-order valence-electron chi connectivity index (χ1n) is 11.4. The summed E-state index contributed by atoms with van der Waals surface area (Å²) in [4.78, 5) is 24.6. The van der Waals surface area contributed by atoms with Gasteiger partial charge in [0.15, 0.2) is 0 Å². The fraction of sp³-hybridized carbons (Fsp3) is 0.423. The predicted molar refractivity (Wildman–Crippen MR) is 120 cm³/mol. The lowest BCUT2D eigenvalue weighted by Crippen LogP contribution is -2.50. The van der Waals surface area contributed by atoms with Gasteiger partial charge in [0.05, 0.1) is 17.7 Å². The van der Waals surface area contributed by atoms with E-state index >= 15 is 0 Å². The van der Waals surface area contributed by atoms with Crippen LogP contribution < -0.4 is 10.6 Å². The summed E-state index contributed by atoms with van der Waals surface area (Å²) < 4.78 is 20.4. The molecule has 0 radical (unpaired) electrons. The summed E-state index contributed by atoms with van der Waals surface area (Å²) in [7, 11) is 0. The smallest absolute Gasteiger partial charge is 0.339 e. The van der Waals surface area contributed by atoms with E-state index in [4.69, 9.17) is 4.74 Å². The second kappa shape index (κ2) is 7.96.